The second kappa shape index (κ2) is 7.62. The van der Waals surface area contributed by atoms with Gasteiger partial charge in [0.05, 0.1) is 6.61 Å². The maximum absolute atomic E-state index is 12.2. The molecule has 20 heavy (non-hydrogen) atoms. The van der Waals surface area contributed by atoms with Crippen molar-refractivity contribution in [3.63, 3.8) is 0 Å². The fraction of sp³-hybridized carbons (Fsp3) is 0.533. The number of rotatable bonds is 7. The van der Waals surface area contributed by atoms with Crippen molar-refractivity contribution >= 4 is 17.6 Å². The number of nitrogens with zero attached hydrogens (tertiary/aromatic N) is 1. The van der Waals surface area contributed by atoms with Crippen LogP contribution in [0.3, 0.4) is 0 Å². The summed E-state index contributed by atoms with van der Waals surface area (Å²) < 4.78 is 5.13. The first-order chi connectivity index (χ1) is 9.37. The summed E-state index contributed by atoms with van der Waals surface area (Å²) in [6.45, 7) is 2.84. The molecule has 0 fully saturated rings. The summed E-state index contributed by atoms with van der Waals surface area (Å²) in [5.41, 5.74) is 6.28. The van der Waals surface area contributed by atoms with Crippen molar-refractivity contribution in [3.05, 3.63) is 34.9 Å². The number of benzene rings is 1. The van der Waals surface area contributed by atoms with Gasteiger partial charge in [0.2, 0.25) is 0 Å². The molecule has 112 valence electrons. The van der Waals surface area contributed by atoms with E-state index in [1.165, 1.54) is 0 Å². The highest BCUT2D eigenvalue weighted by atomic mass is 35.5. The second-order valence-electron chi connectivity index (χ2n) is 5.23. The number of carbonyl (C=O) groups excluding carboxylic acids is 1. The first-order valence-electron chi connectivity index (χ1n) is 6.72. The zero-order chi connectivity index (χ0) is 15.2. The van der Waals surface area contributed by atoms with E-state index >= 15 is 0 Å². The highest BCUT2D eigenvalue weighted by molar-refractivity contribution is 6.30. The predicted octanol–water partition coefficient (Wildman–Crippen LogP) is 2.09. The molecular formula is C15H23ClN2O2. The Balaban J connectivity index is 2.85. The summed E-state index contributed by atoms with van der Waals surface area (Å²) in [4.78, 5) is 14.2. The second-order valence-corrected chi connectivity index (χ2v) is 5.67. The Hall–Kier alpha value is -1.10. The zero-order valence-corrected chi connectivity index (χ0v) is 13.1. The molecule has 1 atom stereocenters. The molecule has 0 aliphatic heterocycles. The highest BCUT2D eigenvalue weighted by Gasteiger charge is 2.35. The van der Waals surface area contributed by atoms with Crippen LogP contribution in [0.2, 0.25) is 5.02 Å². The van der Waals surface area contributed by atoms with E-state index in [1.807, 2.05) is 31.1 Å². The van der Waals surface area contributed by atoms with E-state index < -0.39 is 5.54 Å². The molecule has 0 amide bonds. The number of hydrogen-bond acceptors (Lipinski definition) is 4. The van der Waals surface area contributed by atoms with Gasteiger partial charge in [0.15, 0.2) is 0 Å². The van der Waals surface area contributed by atoms with Crippen LogP contribution in [0.1, 0.15) is 18.9 Å². The van der Waals surface area contributed by atoms with E-state index in [2.05, 4.69) is 0 Å². The maximum atomic E-state index is 12.2. The molecule has 0 heterocycles. The Morgan fingerprint density at radius 1 is 1.35 bits per heavy atom. The molecule has 0 saturated heterocycles. The fourth-order valence-electron chi connectivity index (χ4n) is 1.93. The Labute approximate surface area is 125 Å². The van der Waals surface area contributed by atoms with Gasteiger partial charge in [0.1, 0.15) is 5.54 Å². The van der Waals surface area contributed by atoms with E-state index in [4.69, 9.17) is 22.1 Å². The van der Waals surface area contributed by atoms with E-state index in [1.54, 1.807) is 19.1 Å². The van der Waals surface area contributed by atoms with Crippen molar-refractivity contribution in [2.75, 3.05) is 27.2 Å². The van der Waals surface area contributed by atoms with E-state index in [-0.39, 0.29) is 5.97 Å². The molecule has 1 unspecified atom stereocenters. The van der Waals surface area contributed by atoms with Crippen LogP contribution in [0.25, 0.3) is 0 Å². The molecule has 2 N–H and O–H groups in total. The van der Waals surface area contributed by atoms with Gasteiger partial charge in [-0.25, -0.2) is 0 Å². The van der Waals surface area contributed by atoms with Gasteiger partial charge in [-0.15, -0.1) is 0 Å². The van der Waals surface area contributed by atoms with Crippen molar-refractivity contribution < 1.29 is 9.53 Å². The third-order valence-electron chi connectivity index (χ3n) is 3.12. The number of nitrogens with two attached hydrogens (primary N) is 1. The highest BCUT2D eigenvalue weighted by Crippen LogP contribution is 2.19. The smallest absolute Gasteiger partial charge is 0.326 e. The van der Waals surface area contributed by atoms with Gasteiger partial charge in [-0.2, -0.15) is 0 Å². The van der Waals surface area contributed by atoms with Crippen LogP contribution in [0.15, 0.2) is 24.3 Å². The van der Waals surface area contributed by atoms with Crippen molar-refractivity contribution in [1.82, 2.24) is 4.90 Å². The van der Waals surface area contributed by atoms with Gasteiger partial charge in [-0.05, 0) is 51.7 Å². The van der Waals surface area contributed by atoms with Crippen LogP contribution in [0, 0.1) is 0 Å². The molecule has 1 aromatic carbocycles. The minimum atomic E-state index is -1.01. The number of esters is 1. The normalized spacial score (nSPS) is 14.1. The van der Waals surface area contributed by atoms with Crippen LogP contribution in [0.4, 0.5) is 0 Å². The number of hydrogen-bond donors (Lipinski definition) is 1. The quantitative estimate of drug-likeness (QED) is 0.783. The molecule has 5 heteroatoms. The Morgan fingerprint density at radius 3 is 2.45 bits per heavy atom. The fourth-order valence-corrected chi connectivity index (χ4v) is 2.05. The molecule has 0 radical (unpaired) electrons. The third-order valence-corrected chi connectivity index (χ3v) is 3.37. The van der Waals surface area contributed by atoms with Gasteiger partial charge < -0.3 is 15.4 Å². The molecule has 0 aliphatic rings. The van der Waals surface area contributed by atoms with Crippen molar-refractivity contribution in [2.24, 2.45) is 5.73 Å². The maximum Gasteiger partial charge on any atom is 0.326 e. The summed E-state index contributed by atoms with van der Waals surface area (Å²) in [6, 6.07) is 7.38. The first kappa shape index (κ1) is 17.0. The van der Waals surface area contributed by atoms with Gasteiger partial charge in [-0.3, -0.25) is 4.79 Å². The molecule has 0 spiro atoms. The van der Waals surface area contributed by atoms with Gasteiger partial charge >= 0.3 is 5.97 Å². The first-order valence-corrected chi connectivity index (χ1v) is 7.10. The molecule has 0 aliphatic carbocycles. The monoisotopic (exact) mass is 298 g/mol. The molecular weight excluding hydrogens is 276 g/mol. The Bertz CT molecular complexity index is 434. The molecule has 1 aromatic rings. The van der Waals surface area contributed by atoms with E-state index in [9.17, 15) is 4.79 Å². The lowest BCUT2D eigenvalue weighted by Gasteiger charge is -2.28. The van der Waals surface area contributed by atoms with Crippen molar-refractivity contribution in [3.8, 4) is 0 Å². The molecule has 0 saturated carbocycles. The largest absolute Gasteiger partial charge is 0.465 e. The number of carbonyl (C=O) groups is 1. The average Bonchev–Trinajstić information content (AvgIpc) is 2.39. The molecule has 0 aromatic heterocycles. The topological polar surface area (TPSA) is 55.6 Å². The van der Waals surface area contributed by atoms with Crippen LogP contribution in [-0.2, 0) is 16.0 Å². The summed E-state index contributed by atoms with van der Waals surface area (Å²) in [7, 11) is 3.90. The molecule has 1 rings (SSSR count). The summed E-state index contributed by atoms with van der Waals surface area (Å²) in [5.74, 6) is -0.350. The predicted molar refractivity (Wildman–Crippen MR) is 81.9 cm³/mol. The number of ether oxygens (including phenoxy) is 1. The molecule has 4 nitrogen and oxygen atoms in total. The zero-order valence-electron chi connectivity index (χ0n) is 12.4. The van der Waals surface area contributed by atoms with Crippen LogP contribution < -0.4 is 5.73 Å². The Kier molecular flexibility index (Phi) is 6.46. The van der Waals surface area contributed by atoms with Gasteiger partial charge in [0, 0.05) is 11.4 Å². The lowest BCUT2D eigenvalue weighted by Crippen LogP contribution is -2.52. The lowest BCUT2D eigenvalue weighted by molar-refractivity contribution is -0.150. The van der Waals surface area contributed by atoms with Crippen LogP contribution in [0.5, 0.6) is 0 Å². The van der Waals surface area contributed by atoms with Crippen molar-refractivity contribution in [2.45, 2.75) is 25.3 Å². The van der Waals surface area contributed by atoms with Gasteiger partial charge in [0.25, 0.3) is 0 Å². The van der Waals surface area contributed by atoms with Crippen molar-refractivity contribution in [1.29, 1.82) is 0 Å². The minimum Gasteiger partial charge on any atom is -0.465 e. The third kappa shape index (κ3) is 5.12. The summed E-state index contributed by atoms with van der Waals surface area (Å²) in [6.07, 6.45) is 0.984. The van der Waals surface area contributed by atoms with Crippen LogP contribution in [-0.4, -0.2) is 43.7 Å². The SMILES string of the molecule is CCOC(=O)C(N)(CCN(C)C)Cc1ccc(Cl)cc1. The van der Waals surface area contributed by atoms with E-state index in [0.29, 0.717) is 24.5 Å². The lowest BCUT2D eigenvalue weighted by atomic mass is 9.88. The van der Waals surface area contributed by atoms with E-state index in [0.717, 1.165) is 12.1 Å². The average molecular weight is 299 g/mol. The Morgan fingerprint density at radius 2 is 1.95 bits per heavy atom. The standard InChI is InChI=1S/C15H23ClN2O2/c1-4-20-14(19)15(17,9-10-18(2)3)11-12-5-7-13(16)8-6-12/h5-8H,4,9-11,17H2,1-3H3. The number of halogens is 1. The van der Waals surface area contributed by atoms with Crippen LogP contribution >= 0.6 is 11.6 Å². The van der Waals surface area contributed by atoms with Gasteiger partial charge in [-0.1, -0.05) is 23.7 Å². The summed E-state index contributed by atoms with van der Waals surface area (Å²) >= 11 is 5.87. The molecule has 0 bridgehead atoms. The minimum absolute atomic E-state index is 0.334. The summed E-state index contributed by atoms with van der Waals surface area (Å²) in [5, 5.41) is 0.667.